The summed E-state index contributed by atoms with van der Waals surface area (Å²) in [6.07, 6.45) is 2.87. The van der Waals surface area contributed by atoms with Crippen LogP contribution >= 0.6 is 0 Å². The summed E-state index contributed by atoms with van der Waals surface area (Å²) in [7, 11) is -3.19. The minimum absolute atomic E-state index is 0.147. The molecule has 0 bridgehead atoms. The first-order valence-electron chi connectivity index (χ1n) is 5.20. The van der Waals surface area contributed by atoms with Gasteiger partial charge in [-0.05, 0) is 13.3 Å². The zero-order chi connectivity index (χ0) is 11.2. The van der Waals surface area contributed by atoms with E-state index >= 15 is 0 Å². The smallest absolute Gasteiger partial charge is 0.159 e. The molecule has 0 spiro atoms. The molecule has 0 aromatic heterocycles. The van der Waals surface area contributed by atoms with Crippen LogP contribution in [0.25, 0.3) is 0 Å². The minimum Gasteiger partial charge on any atom is -0.298 e. The highest BCUT2D eigenvalue weighted by Gasteiger charge is 2.25. The molecule has 0 aromatic rings. The monoisotopic (exact) mass is 220 g/mol. The summed E-state index contributed by atoms with van der Waals surface area (Å²) in [5, 5.41) is -0.815. The van der Waals surface area contributed by atoms with Crippen LogP contribution in [0.3, 0.4) is 0 Å². The van der Waals surface area contributed by atoms with Gasteiger partial charge in [0.1, 0.15) is 11.0 Å². The number of hydrogen-bond donors (Lipinski definition) is 0. The number of hydrogen-bond acceptors (Lipinski definition) is 3. The van der Waals surface area contributed by atoms with Crippen molar-refractivity contribution in [3.8, 4) is 0 Å². The van der Waals surface area contributed by atoms with E-state index in [2.05, 4.69) is 0 Å². The first-order valence-corrected chi connectivity index (χ1v) is 6.91. The van der Waals surface area contributed by atoms with Gasteiger partial charge in [0.05, 0.1) is 5.75 Å². The Morgan fingerprint density at radius 3 is 2.21 bits per heavy atom. The van der Waals surface area contributed by atoms with Crippen molar-refractivity contribution in [2.75, 3.05) is 5.75 Å². The van der Waals surface area contributed by atoms with Gasteiger partial charge >= 0.3 is 0 Å². The van der Waals surface area contributed by atoms with E-state index in [0.29, 0.717) is 12.8 Å². The molecule has 0 N–H and O–H groups in total. The average molecular weight is 220 g/mol. The molecule has 0 saturated heterocycles. The topological polar surface area (TPSA) is 51.2 Å². The molecule has 1 unspecified atom stereocenters. The van der Waals surface area contributed by atoms with Crippen molar-refractivity contribution in [2.45, 2.75) is 51.7 Å². The molecular formula is C10H20O3S. The number of carbonyl (C=O) groups is 1. The van der Waals surface area contributed by atoms with Crippen LogP contribution in [-0.4, -0.2) is 25.2 Å². The van der Waals surface area contributed by atoms with E-state index in [-0.39, 0.29) is 11.5 Å². The van der Waals surface area contributed by atoms with Gasteiger partial charge < -0.3 is 0 Å². The van der Waals surface area contributed by atoms with Gasteiger partial charge in [0.25, 0.3) is 0 Å². The number of rotatable bonds is 7. The van der Waals surface area contributed by atoms with Gasteiger partial charge in [-0.3, -0.25) is 4.79 Å². The van der Waals surface area contributed by atoms with Crippen LogP contribution < -0.4 is 0 Å². The molecule has 0 aliphatic heterocycles. The van der Waals surface area contributed by atoms with Crippen LogP contribution in [0.15, 0.2) is 0 Å². The molecule has 3 nitrogen and oxygen atoms in total. The number of ketones is 1. The highest BCUT2D eigenvalue weighted by Crippen LogP contribution is 2.08. The maximum absolute atomic E-state index is 11.6. The first kappa shape index (κ1) is 13.6. The van der Waals surface area contributed by atoms with E-state index in [1.54, 1.807) is 6.92 Å². The summed E-state index contributed by atoms with van der Waals surface area (Å²) < 4.78 is 23.2. The van der Waals surface area contributed by atoms with Crippen LogP contribution in [-0.2, 0) is 14.6 Å². The largest absolute Gasteiger partial charge is 0.298 e. The molecule has 0 aromatic carbocycles. The predicted octanol–water partition coefficient (Wildman–Crippen LogP) is 1.96. The van der Waals surface area contributed by atoms with Crippen molar-refractivity contribution in [3.05, 3.63) is 0 Å². The minimum atomic E-state index is -3.19. The molecule has 0 aliphatic carbocycles. The van der Waals surface area contributed by atoms with Crippen LogP contribution in [0, 0.1) is 0 Å². The van der Waals surface area contributed by atoms with Crippen molar-refractivity contribution >= 4 is 15.6 Å². The lowest BCUT2D eigenvalue weighted by atomic mass is 10.2. The average Bonchev–Trinajstić information content (AvgIpc) is 2.15. The molecule has 0 aliphatic rings. The van der Waals surface area contributed by atoms with Gasteiger partial charge in [-0.1, -0.05) is 26.7 Å². The summed E-state index contributed by atoms with van der Waals surface area (Å²) in [5.74, 6) is -0.0326. The van der Waals surface area contributed by atoms with E-state index in [0.717, 1.165) is 12.8 Å². The second kappa shape index (κ2) is 6.17. The van der Waals surface area contributed by atoms with Crippen LogP contribution in [0.4, 0.5) is 0 Å². The zero-order valence-corrected chi connectivity index (χ0v) is 10.1. The number of unbranched alkanes of at least 4 members (excludes halogenated alkanes) is 2. The van der Waals surface area contributed by atoms with E-state index in [1.165, 1.54) is 6.92 Å². The van der Waals surface area contributed by atoms with E-state index in [1.807, 2.05) is 6.92 Å². The molecule has 0 saturated carbocycles. The SMILES string of the molecule is CCCCCS(=O)(=O)C(C)C(=O)CC. The Balaban J connectivity index is 4.24. The lowest BCUT2D eigenvalue weighted by molar-refractivity contribution is -0.118. The van der Waals surface area contributed by atoms with Gasteiger partial charge in [0.15, 0.2) is 9.84 Å². The quantitative estimate of drug-likeness (QED) is 0.616. The molecular weight excluding hydrogens is 200 g/mol. The number of sulfone groups is 1. The molecule has 14 heavy (non-hydrogen) atoms. The molecule has 84 valence electrons. The summed E-state index contributed by atoms with van der Waals surface area (Å²) >= 11 is 0. The fourth-order valence-corrected chi connectivity index (χ4v) is 2.75. The van der Waals surface area contributed by atoms with Gasteiger partial charge in [-0.2, -0.15) is 0 Å². The normalized spacial score (nSPS) is 13.9. The third-order valence-corrected chi connectivity index (χ3v) is 4.57. The molecule has 1 atom stereocenters. The third-order valence-electron chi connectivity index (χ3n) is 2.37. The van der Waals surface area contributed by atoms with Crippen molar-refractivity contribution < 1.29 is 13.2 Å². The highest BCUT2D eigenvalue weighted by molar-refractivity contribution is 7.92. The highest BCUT2D eigenvalue weighted by atomic mass is 32.2. The maximum Gasteiger partial charge on any atom is 0.159 e. The Labute approximate surface area is 86.8 Å². The third kappa shape index (κ3) is 4.22. The predicted molar refractivity (Wildman–Crippen MR) is 58.1 cm³/mol. The fourth-order valence-electron chi connectivity index (χ4n) is 1.22. The van der Waals surface area contributed by atoms with E-state index < -0.39 is 15.1 Å². The lowest BCUT2D eigenvalue weighted by Crippen LogP contribution is -2.28. The van der Waals surface area contributed by atoms with Gasteiger partial charge in [-0.15, -0.1) is 0 Å². The Morgan fingerprint density at radius 1 is 1.21 bits per heavy atom. The van der Waals surface area contributed by atoms with Crippen molar-refractivity contribution in [2.24, 2.45) is 0 Å². The van der Waals surface area contributed by atoms with Gasteiger partial charge in [0, 0.05) is 6.42 Å². The van der Waals surface area contributed by atoms with Crippen LogP contribution in [0.5, 0.6) is 0 Å². The number of Topliss-reactive ketones (excluding diaryl/α,β-unsaturated/α-hetero) is 1. The Morgan fingerprint density at radius 2 is 1.79 bits per heavy atom. The Bertz CT molecular complexity index is 267. The second-order valence-corrected chi connectivity index (χ2v) is 5.98. The number of carbonyl (C=O) groups excluding carboxylic acids is 1. The first-order chi connectivity index (χ1) is 6.45. The maximum atomic E-state index is 11.6. The van der Waals surface area contributed by atoms with Crippen LogP contribution in [0.1, 0.15) is 46.5 Å². The Kier molecular flexibility index (Phi) is 6.00. The summed E-state index contributed by atoms with van der Waals surface area (Å²) in [4.78, 5) is 11.2. The lowest BCUT2D eigenvalue weighted by Gasteiger charge is -2.10. The molecule has 0 rings (SSSR count). The molecule has 4 heteroatoms. The molecule has 0 radical (unpaired) electrons. The van der Waals surface area contributed by atoms with Gasteiger partial charge in [-0.25, -0.2) is 8.42 Å². The van der Waals surface area contributed by atoms with Gasteiger partial charge in [0.2, 0.25) is 0 Å². The van der Waals surface area contributed by atoms with E-state index in [9.17, 15) is 13.2 Å². The molecule has 0 heterocycles. The molecule has 0 fully saturated rings. The Hall–Kier alpha value is -0.380. The summed E-state index contributed by atoms with van der Waals surface area (Å²) in [5.41, 5.74) is 0. The van der Waals surface area contributed by atoms with Crippen LogP contribution in [0.2, 0.25) is 0 Å². The van der Waals surface area contributed by atoms with E-state index in [4.69, 9.17) is 0 Å². The summed E-state index contributed by atoms with van der Waals surface area (Å²) in [6.45, 7) is 5.21. The van der Waals surface area contributed by atoms with Crippen molar-refractivity contribution in [1.82, 2.24) is 0 Å². The standard InChI is InChI=1S/C10H20O3S/c1-4-6-7-8-14(12,13)9(3)10(11)5-2/h9H,4-8H2,1-3H3. The molecule has 0 amide bonds. The van der Waals surface area contributed by atoms with Crippen molar-refractivity contribution in [3.63, 3.8) is 0 Å². The fraction of sp³-hybridized carbons (Fsp3) is 0.900. The zero-order valence-electron chi connectivity index (χ0n) is 9.25. The van der Waals surface area contributed by atoms with Crippen molar-refractivity contribution in [1.29, 1.82) is 0 Å². The summed E-state index contributed by atoms with van der Waals surface area (Å²) in [6, 6.07) is 0. The second-order valence-electron chi connectivity index (χ2n) is 3.54.